The van der Waals surface area contributed by atoms with Gasteiger partial charge in [-0.3, -0.25) is 0 Å². The zero-order chi connectivity index (χ0) is 16.5. The summed E-state index contributed by atoms with van der Waals surface area (Å²) in [6.07, 6.45) is -0.162. The lowest BCUT2D eigenvalue weighted by Gasteiger charge is -2.25. The quantitative estimate of drug-likeness (QED) is 0.846. The fourth-order valence-electron chi connectivity index (χ4n) is 1.36. The van der Waals surface area contributed by atoms with Crippen LogP contribution in [0, 0.1) is 0 Å². The largest absolute Gasteiger partial charge is 0.444 e. The van der Waals surface area contributed by atoms with Crippen molar-refractivity contribution in [3.63, 3.8) is 0 Å². The van der Waals surface area contributed by atoms with Crippen molar-refractivity contribution in [2.24, 2.45) is 0 Å². The van der Waals surface area contributed by atoms with Crippen LogP contribution in [0.3, 0.4) is 0 Å². The Morgan fingerprint density at radius 3 is 2.14 bits per heavy atom. The molecule has 8 nitrogen and oxygen atoms in total. The number of amides is 1. The Morgan fingerprint density at radius 1 is 1.19 bits per heavy atom. The molecule has 1 atom stereocenters. The van der Waals surface area contributed by atoms with E-state index in [1.807, 2.05) is 20.8 Å². The third-order valence-electron chi connectivity index (χ3n) is 2.47. The van der Waals surface area contributed by atoms with Crippen molar-refractivity contribution in [2.45, 2.75) is 65.1 Å². The predicted molar refractivity (Wildman–Crippen MR) is 75.6 cm³/mol. The molecule has 8 heteroatoms. The van der Waals surface area contributed by atoms with Gasteiger partial charge in [-0.2, -0.15) is 4.80 Å². The molecule has 1 aromatic rings. The number of carbonyl (C=O) groups excluding carboxylic acids is 2. The highest BCUT2D eigenvalue weighted by atomic mass is 16.6. The van der Waals surface area contributed by atoms with Gasteiger partial charge < -0.3 is 14.8 Å². The molecule has 1 rings (SSSR count). The van der Waals surface area contributed by atoms with Gasteiger partial charge in [0, 0.05) is 0 Å². The summed E-state index contributed by atoms with van der Waals surface area (Å²) in [5, 5.41) is 14.4. The van der Waals surface area contributed by atoms with Crippen LogP contribution in [0.2, 0.25) is 0 Å². The molecular weight excluding hydrogens is 274 g/mol. The van der Waals surface area contributed by atoms with Crippen LogP contribution < -0.4 is 5.32 Å². The maximum atomic E-state index is 11.8. The van der Waals surface area contributed by atoms with E-state index in [1.54, 1.807) is 20.8 Å². The van der Waals surface area contributed by atoms with Crippen LogP contribution in [0.4, 0.5) is 4.79 Å². The van der Waals surface area contributed by atoms with Gasteiger partial charge in [0.25, 0.3) is 0 Å². The minimum absolute atomic E-state index is 0.110. The number of carbonyl (C=O) groups is 2. The van der Waals surface area contributed by atoms with Crippen LogP contribution in [-0.4, -0.2) is 38.2 Å². The molecule has 1 heterocycles. The summed E-state index contributed by atoms with van der Waals surface area (Å²) in [6, 6.07) is 0. The highest BCUT2D eigenvalue weighted by molar-refractivity contribution is 5.76. The van der Waals surface area contributed by atoms with E-state index in [-0.39, 0.29) is 11.4 Å². The Balaban J connectivity index is 2.97. The van der Waals surface area contributed by atoms with Gasteiger partial charge in [-0.25, -0.2) is 4.79 Å². The van der Waals surface area contributed by atoms with Gasteiger partial charge in [0.05, 0.1) is 5.54 Å². The van der Waals surface area contributed by atoms with Crippen LogP contribution in [0.15, 0.2) is 0 Å². The fraction of sp³-hybridized carbons (Fsp3) is 0.769. The summed E-state index contributed by atoms with van der Waals surface area (Å²) in [5.41, 5.74) is -2.43. The van der Waals surface area contributed by atoms with Crippen LogP contribution in [0.25, 0.3) is 0 Å². The Bertz CT molecular complexity index is 527. The van der Waals surface area contributed by atoms with Gasteiger partial charge in [-0.1, -0.05) is 0 Å². The van der Waals surface area contributed by atoms with E-state index >= 15 is 0 Å². The second kappa shape index (κ2) is 5.42. The van der Waals surface area contributed by atoms with Crippen molar-refractivity contribution >= 4 is 12.4 Å². The number of tetrazole rings is 1. The lowest BCUT2D eigenvalue weighted by atomic mass is 10.0. The first kappa shape index (κ1) is 17.1. The molecule has 0 saturated heterocycles. The van der Waals surface area contributed by atoms with Gasteiger partial charge >= 0.3 is 6.09 Å². The molecule has 0 bridgehead atoms. The predicted octanol–water partition coefficient (Wildman–Crippen LogP) is 1.37. The molecule has 0 radical (unpaired) electrons. The van der Waals surface area contributed by atoms with E-state index in [0.29, 0.717) is 6.29 Å². The number of aldehydes is 1. The summed E-state index contributed by atoms with van der Waals surface area (Å²) in [4.78, 5) is 24.6. The van der Waals surface area contributed by atoms with Gasteiger partial charge in [0.1, 0.15) is 5.60 Å². The van der Waals surface area contributed by atoms with E-state index < -0.39 is 17.2 Å². The molecule has 0 aliphatic heterocycles. The summed E-state index contributed by atoms with van der Waals surface area (Å²) in [7, 11) is 0. The van der Waals surface area contributed by atoms with Gasteiger partial charge in [-0.05, 0) is 53.7 Å². The molecule has 1 aromatic heterocycles. The average Bonchev–Trinajstić information content (AvgIpc) is 2.75. The van der Waals surface area contributed by atoms with Crippen LogP contribution in [0.1, 0.15) is 54.3 Å². The first-order valence-electron chi connectivity index (χ1n) is 6.66. The van der Waals surface area contributed by atoms with Crippen molar-refractivity contribution in [1.82, 2.24) is 25.5 Å². The average molecular weight is 297 g/mol. The monoisotopic (exact) mass is 297 g/mol. The molecule has 0 aliphatic carbocycles. The van der Waals surface area contributed by atoms with Crippen LogP contribution >= 0.6 is 0 Å². The number of ether oxygens (including phenoxy) is 1. The smallest absolute Gasteiger partial charge is 0.408 e. The number of nitrogens with one attached hydrogen (secondary N) is 1. The summed E-state index contributed by atoms with van der Waals surface area (Å²) < 4.78 is 5.14. The molecular formula is C13H23N5O3. The van der Waals surface area contributed by atoms with Crippen molar-refractivity contribution in [3.05, 3.63) is 5.82 Å². The second-order valence-electron chi connectivity index (χ2n) is 7.02. The third kappa shape index (κ3) is 4.51. The minimum Gasteiger partial charge on any atom is -0.444 e. The lowest BCUT2D eigenvalue weighted by molar-refractivity contribution is -0.113. The van der Waals surface area contributed by atoms with Crippen molar-refractivity contribution in [2.75, 3.05) is 0 Å². The lowest BCUT2D eigenvalue weighted by Crippen LogP contribution is -2.47. The SMILES string of the molecule is CC(C)(C)OC(=O)NC(C)(C=O)c1nnn(C(C)(C)C)n1. The Hall–Kier alpha value is -1.99. The Labute approximate surface area is 124 Å². The molecule has 1 unspecified atom stereocenters. The van der Waals surface area contributed by atoms with Gasteiger partial charge in [-0.15, -0.1) is 10.2 Å². The Morgan fingerprint density at radius 2 is 1.76 bits per heavy atom. The van der Waals surface area contributed by atoms with Gasteiger partial charge in [0.15, 0.2) is 11.8 Å². The molecule has 0 aromatic carbocycles. The first-order valence-corrected chi connectivity index (χ1v) is 6.66. The molecule has 0 fully saturated rings. The van der Waals surface area contributed by atoms with Crippen LogP contribution in [0.5, 0.6) is 0 Å². The summed E-state index contributed by atoms with van der Waals surface area (Å²) in [6.45, 7) is 12.4. The number of hydrogen-bond donors (Lipinski definition) is 1. The Kier molecular flexibility index (Phi) is 4.40. The zero-order valence-electron chi connectivity index (χ0n) is 13.6. The van der Waals surface area contributed by atoms with Gasteiger partial charge in [0.2, 0.25) is 5.82 Å². The van der Waals surface area contributed by atoms with E-state index in [1.165, 1.54) is 11.7 Å². The number of alkyl carbamates (subject to hydrolysis) is 1. The highest BCUT2D eigenvalue weighted by Crippen LogP contribution is 2.17. The molecule has 0 saturated carbocycles. The summed E-state index contributed by atoms with van der Waals surface area (Å²) >= 11 is 0. The third-order valence-corrected chi connectivity index (χ3v) is 2.47. The molecule has 0 spiro atoms. The number of aromatic nitrogens is 4. The van der Waals surface area contributed by atoms with Crippen molar-refractivity contribution in [1.29, 1.82) is 0 Å². The molecule has 1 amide bonds. The fourth-order valence-corrected chi connectivity index (χ4v) is 1.36. The minimum atomic E-state index is -1.40. The standard InChI is InChI=1S/C13H23N5O3/c1-11(2,3)18-16-9(15-17-18)13(7,8-19)14-10(20)21-12(4,5)6/h8H,1-7H3,(H,14,20). The molecule has 0 aliphatic rings. The number of hydrogen-bond acceptors (Lipinski definition) is 6. The maximum absolute atomic E-state index is 11.8. The zero-order valence-corrected chi connectivity index (χ0v) is 13.6. The molecule has 21 heavy (non-hydrogen) atoms. The molecule has 1 N–H and O–H groups in total. The van der Waals surface area contributed by atoms with E-state index in [9.17, 15) is 9.59 Å². The summed E-state index contributed by atoms with van der Waals surface area (Å²) in [5.74, 6) is 0.110. The second-order valence-corrected chi connectivity index (χ2v) is 7.02. The first-order chi connectivity index (χ1) is 9.37. The number of rotatable bonds is 3. The normalized spacial score (nSPS) is 15.2. The van der Waals surface area contributed by atoms with E-state index in [0.717, 1.165) is 0 Å². The van der Waals surface area contributed by atoms with E-state index in [4.69, 9.17) is 4.74 Å². The topological polar surface area (TPSA) is 99.0 Å². The van der Waals surface area contributed by atoms with Crippen molar-refractivity contribution in [3.8, 4) is 0 Å². The van der Waals surface area contributed by atoms with E-state index in [2.05, 4.69) is 20.7 Å². The highest BCUT2D eigenvalue weighted by Gasteiger charge is 2.36. The number of nitrogens with zero attached hydrogens (tertiary/aromatic N) is 4. The van der Waals surface area contributed by atoms with Crippen molar-refractivity contribution < 1.29 is 14.3 Å². The van der Waals surface area contributed by atoms with Crippen LogP contribution in [-0.2, 0) is 20.6 Å². The molecule has 118 valence electrons. The maximum Gasteiger partial charge on any atom is 0.408 e.